The molecule has 1 saturated heterocycles. The van der Waals surface area contributed by atoms with Crippen LogP contribution in [-0.2, 0) is 6.18 Å². The Labute approximate surface area is 118 Å². The van der Waals surface area contributed by atoms with Gasteiger partial charge in [0, 0.05) is 6.54 Å². The van der Waals surface area contributed by atoms with Gasteiger partial charge >= 0.3 is 11.9 Å². The van der Waals surface area contributed by atoms with Gasteiger partial charge < -0.3 is 10.6 Å². The van der Waals surface area contributed by atoms with E-state index >= 15 is 0 Å². The molecule has 0 radical (unpaired) electrons. The lowest BCUT2D eigenvalue weighted by atomic mass is 10.1. The highest BCUT2D eigenvalue weighted by molar-refractivity contribution is 5.61. The summed E-state index contributed by atoms with van der Waals surface area (Å²) in [5, 5.41) is 16.7. The summed E-state index contributed by atoms with van der Waals surface area (Å²) in [4.78, 5) is 13.2. The molecule has 2 N–H and O–H groups in total. The number of hydrogen-bond acceptors (Lipinski definition) is 5. The summed E-state index contributed by atoms with van der Waals surface area (Å²) in [6.07, 6.45) is -2.23. The van der Waals surface area contributed by atoms with Crippen LogP contribution in [0.15, 0.2) is 12.3 Å². The molecule has 1 aromatic rings. The van der Waals surface area contributed by atoms with Crippen molar-refractivity contribution >= 4 is 11.4 Å². The van der Waals surface area contributed by atoms with E-state index < -0.39 is 22.5 Å². The van der Waals surface area contributed by atoms with Crippen molar-refractivity contribution < 1.29 is 18.1 Å². The number of rotatable bonds is 5. The van der Waals surface area contributed by atoms with Gasteiger partial charge in [-0.1, -0.05) is 0 Å². The van der Waals surface area contributed by atoms with Crippen LogP contribution >= 0.6 is 0 Å². The summed E-state index contributed by atoms with van der Waals surface area (Å²) in [5.41, 5.74) is -1.74. The molecule has 0 aromatic carbocycles. The minimum atomic E-state index is -4.62. The molecular formula is C12H15F3N4O2. The molecule has 9 heteroatoms. The molecule has 2 rings (SSSR count). The average Bonchev–Trinajstić information content (AvgIpc) is 2.90. The molecule has 116 valence electrons. The van der Waals surface area contributed by atoms with E-state index in [0.29, 0.717) is 24.7 Å². The minimum absolute atomic E-state index is 0.145. The van der Waals surface area contributed by atoms with Crippen LogP contribution < -0.4 is 10.6 Å². The number of nitro groups is 1. The van der Waals surface area contributed by atoms with Gasteiger partial charge in [0.25, 0.3) is 0 Å². The van der Waals surface area contributed by atoms with Crippen molar-refractivity contribution in [1.29, 1.82) is 0 Å². The van der Waals surface area contributed by atoms with Crippen molar-refractivity contribution in [1.82, 2.24) is 10.3 Å². The summed E-state index contributed by atoms with van der Waals surface area (Å²) in [6, 6.07) is 0.686. The number of nitrogens with zero attached hydrogens (tertiary/aromatic N) is 2. The van der Waals surface area contributed by atoms with Crippen LogP contribution in [0.4, 0.5) is 24.5 Å². The van der Waals surface area contributed by atoms with Gasteiger partial charge in [-0.3, -0.25) is 10.1 Å². The Morgan fingerprint density at radius 1 is 1.52 bits per heavy atom. The SMILES string of the molecule is O=[N+]([O-])c1cnc(C(F)(F)F)cc1NCCC1CCNC1. The van der Waals surface area contributed by atoms with Crippen LogP contribution in [0.25, 0.3) is 0 Å². The second kappa shape index (κ2) is 6.25. The van der Waals surface area contributed by atoms with Crippen molar-refractivity contribution in [3.05, 3.63) is 28.1 Å². The molecule has 0 bridgehead atoms. The second-order valence-electron chi connectivity index (χ2n) is 4.92. The highest BCUT2D eigenvalue weighted by Crippen LogP contribution is 2.32. The third kappa shape index (κ3) is 4.03. The normalized spacial score (nSPS) is 18.7. The summed E-state index contributed by atoms with van der Waals surface area (Å²) in [7, 11) is 0. The lowest BCUT2D eigenvalue weighted by molar-refractivity contribution is -0.384. The van der Waals surface area contributed by atoms with E-state index in [1.54, 1.807) is 0 Å². The minimum Gasteiger partial charge on any atom is -0.379 e. The van der Waals surface area contributed by atoms with Crippen LogP contribution in [0, 0.1) is 16.0 Å². The predicted octanol–water partition coefficient (Wildman–Crippen LogP) is 2.42. The Bertz CT molecular complexity index is 516. The number of halogens is 3. The van der Waals surface area contributed by atoms with Crippen molar-refractivity contribution in [3.63, 3.8) is 0 Å². The topological polar surface area (TPSA) is 80.1 Å². The van der Waals surface area contributed by atoms with Gasteiger partial charge in [0.2, 0.25) is 0 Å². The van der Waals surface area contributed by atoms with E-state index in [1.807, 2.05) is 0 Å². The van der Waals surface area contributed by atoms with Crippen LogP contribution in [0.1, 0.15) is 18.5 Å². The molecule has 1 aliphatic rings. The van der Waals surface area contributed by atoms with E-state index in [2.05, 4.69) is 15.6 Å². The van der Waals surface area contributed by atoms with E-state index in [4.69, 9.17) is 0 Å². The Hall–Kier alpha value is -1.90. The molecule has 0 saturated carbocycles. The number of pyridine rings is 1. The largest absolute Gasteiger partial charge is 0.433 e. The monoisotopic (exact) mass is 304 g/mol. The van der Waals surface area contributed by atoms with Gasteiger partial charge in [-0.25, -0.2) is 4.98 Å². The zero-order valence-electron chi connectivity index (χ0n) is 11.1. The van der Waals surface area contributed by atoms with Crippen LogP contribution in [-0.4, -0.2) is 29.5 Å². The van der Waals surface area contributed by atoms with Gasteiger partial charge in [-0.15, -0.1) is 0 Å². The summed E-state index contributed by atoms with van der Waals surface area (Å²) >= 11 is 0. The third-order valence-electron chi connectivity index (χ3n) is 3.40. The number of aromatic nitrogens is 1. The van der Waals surface area contributed by atoms with E-state index in [9.17, 15) is 23.3 Å². The molecule has 6 nitrogen and oxygen atoms in total. The highest BCUT2D eigenvalue weighted by Gasteiger charge is 2.34. The molecular weight excluding hydrogens is 289 g/mol. The third-order valence-corrected chi connectivity index (χ3v) is 3.40. The Kier molecular flexibility index (Phi) is 4.61. The fraction of sp³-hybridized carbons (Fsp3) is 0.583. The Morgan fingerprint density at radius 2 is 2.29 bits per heavy atom. The Balaban J connectivity index is 2.08. The number of nitrogens with one attached hydrogen (secondary N) is 2. The highest BCUT2D eigenvalue weighted by atomic mass is 19.4. The first-order valence-electron chi connectivity index (χ1n) is 6.54. The quantitative estimate of drug-likeness (QED) is 0.645. The summed E-state index contributed by atoms with van der Waals surface area (Å²) in [6.45, 7) is 2.18. The Morgan fingerprint density at radius 3 is 2.86 bits per heavy atom. The smallest absolute Gasteiger partial charge is 0.379 e. The molecule has 2 heterocycles. The van der Waals surface area contributed by atoms with Gasteiger partial charge in [-0.2, -0.15) is 13.2 Å². The van der Waals surface area contributed by atoms with Crippen molar-refractivity contribution in [2.24, 2.45) is 5.92 Å². The standard InChI is InChI=1S/C12H15F3N4O2/c13-12(14,15)11-5-9(10(7-18-11)19(20)21)17-4-2-8-1-3-16-6-8/h5,7-8,16H,1-4,6H2,(H,17,18). The fourth-order valence-corrected chi connectivity index (χ4v) is 2.26. The fourth-order valence-electron chi connectivity index (χ4n) is 2.26. The van der Waals surface area contributed by atoms with Crippen molar-refractivity contribution in [3.8, 4) is 0 Å². The maximum absolute atomic E-state index is 12.6. The molecule has 1 aliphatic heterocycles. The average molecular weight is 304 g/mol. The maximum atomic E-state index is 12.6. The first kappa shape index (κ1) is 15.5. The summed E-state index contributed by atoms with van der Waals surface area (Å²) < 4.78 is 37.8. The van der Waals surface area contributed by atoms with E-state index in [0.717, 1.165) is 25.9 Å². The molecule has 1 unspecified atom stereocenters. The number of hydrogen-bond donors (Lipinski definition) is 2. The first-order valence-corrected chi connectivity index (χ1v) is 6.54. The number of alkyl halides is 3. The van der Waals surface area contributed by atoms with E-state index in [-0.39, 0.29) is 5.69 Å². The molecule has 1 atom stereocenters. The van der Waals surface area contributed by atoms with Crippen LogP contribution in [0.2, 0.25) is 0 Å². The lowest BCUT2D eigenvalue weighted by Crippen LogP contribution is -2.14. The summed E-state index contributed by atoms with van der Waals surface area (Å²) in [5.74, 6) is 0.445. The van der Waals surface area contributed by atoms with Crippen molar-refractivity contribution in [2.75, 3.05) is 25.0 Å². The first-order chi connectivity index (χ1) is 9.88. The molecule has 21 heavy (non-hydrogen) atoms. The molecule has 0 spiro atoms. The van der Waals surface area contributed by atoms with Crippen LogP contribution in [0.3, 0.4) is 0 Å². The van der Waals surface area contributed by atoms with Gasteiger partial charge in [0.15, 0.2) is 0 Å². The lowest BCUT2D eigenvalue weighted by Gasteiger charge is -2.12. The second-order valence-corrected chi connectivity index (χ2v) is 4.92. The maximum Gasteiger partial charge on any atom is 0.433 e. The van der Waals surface area contributed by atoms with Gasteiger partial charge in [0.05, 0.1) is 4.92 Å². The molecule has 1 fully saturated rings. The molecule has 0 aliphatic carbocycles. The van der Waals surface area contributed by atoms with Crippen LogP contribution in [0.5, 0.6) is 0 Å². The predicted molar refractivity (Wildman–Crippen MR) is 70.0 cm³/mol. The van der Waals surface area contributed by atoms with Gasteiger partial charge in [-0.05, 0) is 37.9 Å². The zero-order valence-corrected chi connectivity index (χ0v) is 11.1. The van der Waals surface area contributed by atoms with E-state index in [1.165, 1.54) is 0 Å². The molecule has 1 aromatic heterocycles. The van der Waals surface area contributed by atoms with Gasteiger partial charge in [0.1, 0.15) is 17.6 Å². The zero-order chi connectivity index (χ0) is 15.5. The van der Waals surface area contributed by atoms with Crippen molar-refractivity contribution in [2.45, 2.75) is 19.0 Å². The number of anilines is 1. The molecule has 0 amide bonds.